The maximum absolute atomic E-state index is 3.77. The van der Waals surface area contributed by atoms with Gasteiger partial charge in [-0.3, -0.25) is 0 Å². The number of rotatable bonds is 5. The Hall–Kier alpha value is 1.45. The topological polar surface area (TPSA) is 0 Å². The van der Waals surface area contributed by atoms with Crippen LogP contribution in [0.25, 0.3) is 0 Å². The van der Waals surface area contributed by atoms with Crippen LogP contribution in [0, 0.1) is 33.9 Å². The van der Waals surface area contributed by atoms with Gasteiger partial charge >= 0.3 is 89.0 Å². The van der Waals surface area contributed by atoms with E-state index in [1.54, 1.807) is 0 Å². The first-order chi connectivity index (χ1) is 4.68. The third kappa shape index (κ3) is 4.35. The van der Waals surface area contributed by atoms with Crippen LogP contribution >= 0.6 is 0 Å². The number of hydrogen-bond acceptors (Lipinski definition) is 0. The monoisotopic (exact) mass is 318 g/mol. The van der Waals surface area contributed by atoms with Gasteiger partial charge < -0.3 is 0 Å². The van der Waals surface area contributed by atoms with Crippen LogP contribution in [0.3, 0.4) is 0 Å². The summed E-state index contributed by atoms with van der Waals surface area (Å²) in [5, 5.41) is 0. The van der Waals surface area contributed by atoms with E-state index in [2.05, 4.69) is 54.7 Å². The molecule has 0 heterocycles. The van der Waals surface area contributed by atoms with Gasteiger partial charge in [0.25, 0.3) is 0 Å². The molecule has 0 radical (unpaired) electrons. The molecule has 0 spiro atoms. The second-order valence-electron chi connectivity index (χ2n) is 2.83. The Kier molecular flexibility index (Phi) is 6.89. The van der Waals surface area contributed by atoms with Crippen molar-refractivity contribution in [3.05, 3.63) is 0 Å². The Morgan fingerprint density at radius 1 is 1.10 bits per heavy atom. The molecule has 2 heteroatoms. The van der Waals surface area contributed by atoms with Gasteiger partial charge in [0.15, 0.2) is 0 Å². The molecule has 0 fully saturated rings. The van der Waals surface area contributed by atoms with Crippen LogP contribution in [-0.2, 0) is 0 Å². The Balaban J connectivity index is 3.58. The van der Waals surface area contributed by atoms with Gasteiger partial charge in [0.1, 0.15) is 0 Å². The molecule has 70 valence electrons. The van der Waals surface area contributed by atoms with Crippen molar-refractivity contribution < 1.29 is 33.9 Å². The van der Waals surface area contributed by atoms with E-state index in [1.807, 2.05) is 0 Å². The minimum absolute atomic E-state index is 0.885. The fourth-order valence-corrected chi connectivity index (χ4v) is 4.11. The Labute approximate surface area is 88.2 Å². The molecular formula is C8H19LuSi. The van der Waals surface area contributed by atoms with E-state index in [-0.39, 0.29) is 0 Å². The Morgan fingerprint density at radius 2 is 1.60 bits per heavy atom. The van der Waals surface area contributed by atoms with E-state index < -0.39 is 3.37 Å². The predicted molar refractivity (Wildman–Crippen MR) is 46.4 cm³/mol. The van der Waals surface area contributed by atoms with E-state index in [1.165, 1.54) is 31.0 Å². The van der Waals surface area contributed by atoms with Crippen LogP contribution in [-0.4, -0.2) is 3.37 Å². The van der Waals surface area contributed by atoms with Crippen LogP contribution < -0.4 is 0 Å². The third-order valence-corrected chi connectivity index (χ3v) is 10.4. The quantitative estimate of drug-likeness (QED) is 0.682. The molecule has 0 amide bonds. The minimum atomic E-state index is -0.885. The summed E-state index contributed by atoms with van der Waals surface area (Å²) in [5.41, 5.74) is 0. The van der Waals surface area contributed by atoms with Crippen molar-refractivity contribution in [1.82, 2.24) is 0 Å². The fraction of sp³-hybridized carbons (Fsp3) is 1.00. The fourth-order valence-electron chi connectivity index (χ4n) is 1.08. The maximum atomic E-state index is 3.77. The van der Waals surface area contributed by atoms with Gasteiger partial charge in [-0.1, -0.05) is 0 Å². The zero-order valence-corrected chi connectivity index (χ0v) is 9.95. The first-order valence-electron chi connectivity index (χ1n) is 4.31. The van der Waals surface area contributed by atoms with E-state index >= 15 is 0 Å². The van der Waals surface area contributed by atoms with Crippen molar-refractivity contribution in [3.8, 4) is 0 Å². The summed E-state index contributed by atoms with van der Waals surface area (Å²) in [6, 6.07) is 4.28. The van der Waals surface area contributed by atoms with Crippen LogP contribution in [0.4, 0.5) is 0 Å². The molecule has 0 N–H and O–H groups in total. The average molecular weight is 318 g/mol. The van der Waals surface area contributed by atoms with Gasteiger partial charge in [-0.25, -0.2) is 0 Å². The molecule has 0 aliphatic rings. The van der Waals surface area contributed by atoms with Crippen molar-refractivity contribution in [2.24, 2.45) is 0 Å². The van der Waals surface area contributed by atoms with E-state index in [0.717, 1.165) is 0 Å². The first-order valence-corrected chi connectivity index (χ1v) is 9.18. The third-order valence-electron chi connectivity index (χ3n) is 2.13. The van der Waals surface area contributed by atoms with Gasteiger partial charge in [-0.05, 0) is 0 Å². The van der Waals surface area contributed by atoms with Crippen molar-refractivity contribution in [3.63, 3.8) is 0 Å². The molecule has 0 nitrogen and oxygen atoms in total. The van der Waals surface area contributed by atoms with E-state index in [9.17, 15) is 0 Å². The van der Waals surface area contributed by atoms with Crippen LogP contribution in [0.15, 0.2) is 0 Å². The molecule has 0 atom stereocenters. The summed E-state index contributed by atoms with van der Waals surface area (Å²) in [7, 11) is 0. The summed E-state index contributed by atoms with van der Waals surface area (Å²) in [6.45, 7) is 6.92. The molecule has 0 rings (SSSR count). The van der Waals surface area contributed by atoms with E-state index in [0.29, 0.717) is 0 Å². The van der Waals surface area contributed by atoms with E-state index in [4.69, 9.17) is 0 Å². The predicted octanol–water partition coefficient (Wildman–Crippen LogP) is 3.32. The summed E-state index contributed by atoms with van der Waals surface area (Å²) >= 11 is 3.77. The molecule has 10 heavy (non-hydrogen) atoms. The van der Waals surface area contributed by atoms with Crippen LogP contribution in [0.1, 0.15) is 33.6 Å². The first kappa shape index (κ1) is 11.5. The van der Waals surface area contributed by atoms with Gasteiger partial charge in [-0.15, -0.1) is 0 Å². The SMILES string of the molecule is CCCC[Si]([Lu])(CC)CC. The Morgan fingerprint density at radius 3 is 1.90 bits per heavy atom. The summed E-state index contributed by atoms with van der Waals surface area (Å²) < 4.78 is -0.885. The molecule has 0 saturated heterocycles. The molecule has 0 unspecified atom stereocenters. The normalized spacial score (nSPS) is 12.1. The second-order valence-corrected chi connectivity index (χ2v) is 12.1. The zero-order chi connectivity index (χ0) is 8.04. The van der Waals surface area contributed by atoms with Gasteiger partial charge in [0.2, 0.25) is 0 Å². The van der Waals surface area contributed by atoms with Gasteiger partial charge in [0, 0.05) is 0 Å². The Bertz CT molecular complexity index is 79.3. The van der Waals surface area contributed by atoms with Crippen LogP contribution in [0.2, 0.25) is 18.1 Å². The molecule has 0 saturated carbocycles. The van der Waals surface area contributed by atoms with Crippen molar-refractivity contribution >= 4 is 3.37 Å². The standard InChI is InChI=1S/C8H19Si.Lu/c1-4-7-8-9(5-2)6-3;/h4-8H2,1-3H3;. The molecule has 0 bridgehead atoms. The number of hydrogen-bond donors (Lipinski definition) is 0. The molecular weight excluding hydrogens is 299 g/mol. The molecule has 0 aliphatic heterocycles. The van der Waals surface area contributed by atoms with Gasteiger partial charge in [0.05, 0.1) is 0 Å². The molecule has 0 aromatic carbocycles. The van der Waals surface area contributed by atoms with Crippen molar-refractivity contribution in [2.75, 3.05) is 0 Å². The van der Waals surface area contributed by atoms with Crippen molar-refractivity contribution in [1.29, 1.82) is 0 Å². The average Bonchev–Trinajstić information content (AvgIpc) is 2.00. The van der Waals surface area contributed by atoms with Gasteiger partial charge in [-0.2, -0.15) is 0 Å². The zero-order valence-electron chi connectivity index (χ0n) is 7.29. The van der Waals surface area contributed by atoms with Crippen molar-refractivity contribution in [2.45, 2.75) is 51.7 Å². The summed E-state index contributed by atoms with van der Waals surface area (Å²) in [5.74, 6) is 0. The van der Waals surface area contributed by atoms with Crippen LogP contribution in [0.5, 0.6) is 0 Å². The molecule has 0 aromatic heterocycles. The summed E-state index contributed by atoms with van der Waals surface area (Å²) in [6.07, 6.45) is 2.77. The summed E-state index contributed by atoms with van der Waals surface area (Å²) in [4.78, 5) is 0. The molecule has 0 aromatic rings. The second kappa shape index (κ2) is 6.02. The number of unbranched alkanes of at least 4 members (excludes halogenated alkanes) is 1. The molecule has 0 aliphatic carbocycles.